The zero-order valence-electron chi connectivity index (χ0n) is 13.4. The van der Waals surface area contributed by atoms with Gasteiger partial charge in [0.05, 0.1) is 19.8 Å². The zero-order valence-corrected chi connectivity index (χ0v) is 13.4. The lowest BCUT2D eigenvalue weighted by molar-refractivity contribution is -0.130. The summed E-state index contributed by atoms with van der Waals surface area (Å²) in [6.45, 7) is 4.40. The molecule has 2 aliphatic rings. The van der Waals surface area contributed by atoms with Gasteiger partial charge in [0, 0.05) is 24.7 Å². The predicted molar refractivity (Wildman–Crippen MR) is 84.7 cm³/mol. The lowest BCUT2D eigenvalue weighted by Gasteiger charge is -2.26. The molecule has 0 bridgehead atoms. The van der Waals surface area contributed by atoms with Gasteiger partial charge < -0.3 is 23.8 Å². The Labute approximate surface area is 140 Å². The lowest BCUT2D eigenvalue weighted by atomic mass is 10.1. The number of amides is 1. The average Bonchev–Trinajstić information content (AvgIpc) is 3.07. The Morgan fingerprint density at radius 2 is 2.04 bits per heavy atom. The van der Waals surface area contributed by atoms with Gasteiger partial charge in [-0.2, -0.15) is 5.26 Å². The average molecular weight is 330 g/mol. The van der Waals surface area contributed by atoms with Crippen molar-refractivity contribution in [3.8, 4) is 23.3 Å². The van der Waals surface area contributed by atoms with E-state index in [1.54, 1.807) is 17.0 Å². The Hall–Kier alpha value is -2.72. The highest BCUT2D eigenvalue weighted by atomic mass is 16.7. The van der Waals surface area contributed by atoms with Crippen LogP contribution in [0.25, 0.3) is 6.08 Å². The summed E-state index contributed by atoms with van der Waals surface area (Å²) in [5.41, 5.74) is 0.663. The molecule has 0 radical (unpaired) electrons. The maximum absolute atomic E-state index is 12.5. The second kappa shape index (κ2) is 7.23. The van der Waals surface area contributed by atoms with E-state index in [2.05, 4.69) is 0 Å². The number of carbonyl (C=O) groups excluding carboxylic acids is 1. The topological polar surface area (TPSA) is 81.0 Å². The zero-order chi connectivity index (χ0) is 16.9. The van der Waals surface area contributed by atoms with Crippen LogP contribution in [0.4, 0.5) is 0 Å². The maximum atomic E-state index is 12.5. The van der Waals surface area contributed by atoms with E-state index in [1.807, 2.05) is 13.0 Å². The van der Waals surface area contributed by atoms with Crippen molar-refractivity contribution >= 4 is 12.0 Å². The molecule has 1 fully saturated rings. The number of fused-ring (bicyclic) bond motifs is 1. The molecule has 7 heteroatoms. The summed E-state index contributed by atoms with van der Waals surface area (Å²) in [7, 11) is 0. The van der Waals surface area contributed by atoms with Crippen molar-refractivity contribution < 1.29 is 23.7 Å². The molecular formula is C17H18N2O5. The predicted octanol–water partition coefficient (Wildman–Crippen LogP) is 1.58. The molecule has 1 aromatic carbocycles. The minimum atomic E-state index is -0.305. The largest absolute Gasteiger partial charge is 0.493 e. The van der Waals surface area contributed by atoms with Crippen molar-refractivity contribution in [2.45, 2.75) is 6.92 Å². The van der Waals surface area contributed by atoms with Gasteiger partial charge in [-0.15, -0.1) is 0 Å². The van der Waals surface area contributed by atoms with Gasteiger partial charge in [0.15, 0.2) is 11.5 Å². The molecule has 2 heterocycles. The molecular weight excluding hydrogens is 312 g/mol. The fourth-order valence-electron chi connectivity index (χ4n) is 2.57. The summed E-state index contributed by atoms with van der Waals surface area (Å²) >= 11 is 0. The van der Waals surface area contributed by atoms with Gasteiger partial charge in [-0.1, -0.05) is 0 Å². The van der Waals surface area contributed by atoms with E-state index in [0.717, 1.165) is 0 Å². The Balaban J connectivity index is 1.92. The minimum absolute atomic E-state index is 0.0525. The highest BCUT2D eigenvalue weighted by Crippen LogP contribution is 2.39. The summed E-state index contributed by atoms with van der Waals surface area (Å²) in [5.74, 6) is 1.40. The van der Waals surface area contributed by atoms with Crippen LogP contribution < -0.4 is 14.2 Å². The van der Waals surface area contributed by atoms with E-state index in [4.69, 9.17) is 18.9 Å². The molecule has 24 heavy (non-hydrogen) atoms. The van der Waals surface area contributed by atoms with Gasteiger partial charge in [-0.05, 0) is 19.1 Å². The minimum Gasteiger partial charge on any atom is -0.493 e. The van der Waals surface area contributed by atoms with Gasteiger partial charge in [-0.3, -0.25) is 4.79 Å². The van der Waals surface area contributed by atoms with Gasteiger partial charge >= 0.3 is 0 Å². The first-order chi connectivity index (χ1) is 11.7. The molecule has 126 valence electrons. The van der Waals surface area contributed by atoms with E-state index < -0.39 is 0 Å². The third kappa shape index (κ3) is 3.29. The van der Waals surface area contributed by atoms with Crippen molar-refractivity contribution in [2.24, 2.45) is 0 Å². The Kier molecular flexibility index (Phi) is 4.87. The molecule has 0 spiro atoms. The maximum Gasteiger partial charge on any atom is 0.264 e. The monoisotopic (exact) mass is 330 g/mol. The first-order valence-electron chi connectivity index (χ1n) is 7.78. The molecule has 2 aliphatic heterocycles. The van der Waals surface area contributed by atoms with Crippen LogP contribution in [0.2, 0.25) is 0 Å². The lowest BCUT2D eigenvalue weighted by Crippen LogP contribution is -2.41. The van der Waals surface area contributed by atoms with Gasteiger partial charge in [0.2, 0.25) is 6.79 Å². The van der Waals surface area contributed by atoms with Crippen LogP contribution in [0.3, 0.4) is 0 Å². The van der Waals surface area contributed by atoms with Crippen LogP contribution in [-0.4, -0.2) is 50.5 Å². The van der Waals surface area contributed by atoms with Gasteiger partial charge in [-0.25, -0.2) is 0 Å². The number of nitriles is 1. The number of benzene rings is 1. The van der Waals surface area contributed by atoms with E-state index in [9.17, 15) is 10.1 Å². The highest BCUT2D eigenvalue weighted by molar-refractivity contribution is 6.02. The summed E-state index contributed by atoms with van der Waals surface area (Å²) in [6, 6.07) is 5.42. The Morgan fingerprint density at radius 1 is 1.33 bits per heavy atom. The smallest absolute Gasteiger partial charge is 0.264 e. The normalized spacial score (nSPS) is 16.7. The fraction of sp³-hybridized carbons (Fsp3) is 0.412. The van der Waals surface area contributed by atoms with Crippen LogP contribution in [-0.2, 0) is 9.53 Å². The van der Waals surface area contributed by atoms with Crippen LogP contribution >= 0.6 is 0 Å². The molecule has 1 saturated heterocycles. The second-order valence-corrected chi connectivity index (χ2v) is 5.25. The van der Waals surface area contributed by atoms with Crippen LogP contribution in [0.1, 0.15) is 12.5 Å². The molecule has 0 atom stereocenters. The highest BCUT2D eigenvalue weighted by Gasteiger charge is 2.22. The number of carbonyl (C=O) groups is 1. The molecule has 0 aromatic heterocycles. The third-order valence-corrected chi connectivity index (χ3v) is 3.75. The molecule has 3 rings (SSSR count). The standard InChI is InChI=1S/C17H18N2O5/c1-2-22-14-9-16-15(23-11-24-16)8-12(14)7-13(10-18)17(20)19-3-5-21-6-4-19/h7-9H,2-6,11H2,1H3/b13-7+. The van der Waals surface area contributed by atoms with Crippen molar-refractivity contribution in [1.29, 1.82) is 5.26 Å². The van der Waals surface area contributed by atoms with E-state index in [0.29, 0.717) is 55.7 Å². The van der Waals surface area contributed by atoms with E-state index in [-0.39, 0.29) is 18.3 Å². The molecule has 7 nitrogen and oxygen atoms in total. The number of hydrogen-bond acceptors (Lipinski definition) is 6. The van der Waals surface area contributed by atoms with Gasteiger partial charge in [0.1, 0.15) is 17.4 Å². The number of rotatable bonds is 4. The number of ether oxygens (including phenoxy) is 4. The molecule has 1 amide bonds. The summed E-state index contributed by atoms with van der Waals surface area (Å²) in [4.78, 5) is 14.1. The molecule has 0 saturated carbocycles. The van der Waals surface area contributed by atoms with Crippen molar-refractivity contribution in [3.05, 3.63) is 23.3 Å². The SMILES string of the molecule is CCOc1cc2c(cc1/C=C(\C#N)C(=O)N1CCOCC1)OCO2. The van der Waals surface area contributed by atoms with Crippen LogP contribution in [0.5, 0.6) is 17.2 Å². The third-order valence-electron chi connectivity index (χ3n) is 3.75. The number of nitrogens with zero attached hydrogens (tertiary/aromatic N) is 2. The number of hydrogen-bond donors (Lipinski definition) is 0. The van der Waals surface area contributed by atoms with Crippen LogP contribution in [0, 0.1) is 11.3 Å². The van der Waals surface area contributed by atoms with E-state index in [1.165, 1.54) is 6.08 Å². The summed E-state index contributed by atoms with van der Waals surface area (Å²) in [6.07, 6.45) is 1.53. The molecule has 0 unspecified atom stereocenters. The first kappa shape index (κ1) is 16.1. The van der Waals surface area contributed by atoms with Crippen molar-refractivity contribution in [3.63, 3.8) is 0 Å². The quantitative estimate of drug-likeness (QED) is 0.616. The van der Waals surface area contributed by atoms with Crippen molar-refractivity contribution in [1.82, 2.24) is 4.90 Å². The number of morpholine rings is 1. The summed E-state index contributed by atoms with van der Waals surface area (Å²) in [5, 5.41) is 9.41. The fourth-order valence-corrected chi connectivity index (χ4v) is 2.57. The van der Waals surface area contributed by atoms with Crippen LogP contribution in [0.15, 0.2) is 17.7 Å². The van der Waals surface area contributed by atoms with Gasteiger partial charge in [0.25, 0.3) is 5.91 Å². The first-order valence-corrected chi connectivity index (χ1v) is 7.78. The molecule has 1 aromatic rings. The molecule has 0 aliphatic carbocycles. The van der Waals surface area contributed by atoms with E-state index >= 15 is 0 Å². The Morgan fingerprint density at radius 3 is 2.71 bits per heavy atom. The molecule has 0 N–H and O–H groups in total. The van der Waals surface area contributed by atoms with Crippen molar-refractivity contribution in [2.75, 3.05) is 39.7 Å². The Bertz CT molecular complexity index is 702. The second-order valence-electron chi connectivity index (χ2n) is 5.25. The summed E-state index contributed by atoms with van der Waals surface area (Å²) < 4.78 is 21.5.